The van der Waals surface area contributed by atoms with E-state index in [2.05, 4.69) is 4.90 Å². The minimum atomic E-state index is -1.05. The van der Waals surface area contributed by atoms with Gasteiger partial charge in [0.05, 0.1) is 6.10 Å². The third-order valence-corrected chi connectivity index (χ3v) is 3.57. The first-order valence-corrected chi connectivity index (χ1v) is 7.17. The van der Waals surface area contributed by atoms with Gasteiger partial charge in [0, 0.05) is 37.0 Å². The van der Waals surface area contributed by atoms with Crippen LogP contribution in [0, 0.1) is 5.82 Å². The molecular weight excluding hydrogens is 273 g/mol. The fourth-order valence-corrected chi connectivity index (χ4v) is 2.54. The molecule has 1 unspecified atom stereocenters. The summed E-state index contributed by atoms with van der Waals surface area (Å²) >= 11 is 0. The third kappa shape index (κ3) is 4.29. The molecule has 1 aromatic rings. The lowest BCUT2D eigenvalue weighted by atomic mass is 10.1. The lowest BCUT2D eigenvalue weighted by Crippen LogP contribution is -2.32. The van der Waals surface area contributed by atoms with Gasteiger partial charge in [-0.1, -0.05) is 0 Å². The van der Waals surface area contributed by atoms with Gasteiger partial charge in [0.1, 0.15) is 5.82 Å². The number of carboxylic acid groups (broad SMARTS) is 1. The van der Waals surface area contributed by atoms with Gasteiger partial charge < -0.3 is 14.7 Å². The summed E-state index contributed by atoms with van der Waals surface area (Å²) in [4.78, 5) is 12.8. The number of ether oxygens (including phenoxy) is 1. The number of hydrogen-bond acceptors (Lipinski definition) is 3. The number of rotatable bonds is 6. The maximum atomic E-state index is 13.4. The fraction of sp³-hybridized carbons (Fsp3) is 0.438. The zero-order chi connectivity index (χ0) is 15.2. The molecule has 0 aromatic heterocycles. The molecule has 1 aliphatic heterocycles. The molecule has 1 saturated heterocycles. The predicted octanol–water partition coefficient (Wildman–Crippen LogP) is 2.93. The van der Waals surface area contributed by atoms with Crippen LogP contribution in [0.5, 0.6) is 0 Å². The molecule has 2 rings (SSSR count). The van der Waals surface area contributed by atoms with Crippen LogP contribution in [0.4, 0.5) is 10.1 Å². The highest BCUT2D eigenvalue weighted by Gasteiger charge is 2.20. The van der Waals surface area contributed by atoms with Crippen molar-refractivity contribution in [2.75, 3.05) is 24.6 Å². The van der Waals surface area contributed by atoms with Crippen LogP contribution in [0.3, 0.4) is 0 Å². The minimum Gasteiger partial charge on any atom is -0.478 e. The number of nitrogens with zero attached hydrogens (tertiary/aromatic N) is 1. The van der Waals surface area contributed by atoms with Crippen LogP contribution in [-0.4, -0.2) is 36.9 Å². The minimum absolute atomic E-state index is 0.186. The van der Waals surface area contributed by atoms with Crippen LogP contribution < -0.4 is 4.90 Å². The normalized spacial score (nSPS) is 18.3. The second-order valence-electron chi connectivity index (χ2n) is 5.05. The monoisotopic (exact) mass is 293 g/mol. The third-order valence-electron chi connectivity index (χ3n) is 3.57. The van der Waals surface area contributed by atoms with Crippen molar-refractivity contribution in [3.8, 4) is 0 Å². The van der Waals surface area contributed by atoms with Crippen molar-refractivity contribution < 1.29 is 19.0 Å². The first-order valence-electron chi connectivity index (χ1n) is 7.17. The summed E-state index contributed by atoms with van der Waals surface area (Å²) in [6.07, 6.45) is 4.73. The quantitative estimate of drug-likeness (QED) is 0.819. The largest absolute Gasteiger partial charge is 0.478 e. The lowest BCUT2D eigenvalue weighted by Gasteiger charge is -2.27. The van der Waals surface area contributed by atoms with E-state index in [1.165, 1.54) is 18.2 Å². The maximum Gasteiger partial charge on any atom is 0.328 e. The highest BCUT2D eigenvalue weighted by Crippen LogP contribution is 2.25. The average Bonchev–Trinajstić information content (AvgIpc) is 2.96. The van der Waals surface area contributed by atoms with Gasteiger partial charge in [-0.2, -0.15) is 0 Å². The van der Waals surface area contributed by atoms with Gasteiger partial charge in [-0.25, -0.2) is 9.18 Å². The van der Waals surface area contributed by atoms with Crippen LogP contribution in [0.25, 0.3) is 6.08 Å². The van der Waals surface area contributed by atoms with E-state index in [0.717, 1.165) is 44.3 Å². The summed E-state index contributed by atoms with van der Waals surface area (Å²) in [5.74, 6) is -1.43. The molecule has 0 saturated carbocycles. The molecule has 0 bridgehead atoms. The van der Waals surface area contributed by atoms with Crippen LogP contribution >= 0.6 is 0 Å². The lowest BCUT2D eigenvalue weighted by molar-refractivity contribution is -0.131. The molecule has 0 aliphatic carbocycles. The van der Waals surface area contributed by atoms with Crippen molar-refractivity contribution in [2.24, 2.45) is 0 Å². The Morgan fingerprint density at radius 3 is 3.00 bits per heavy atom. The van der Waals surface area contributed by atoms with E-state index in [4.69, 9.17) is 9.84 Å². The summed E-state index contributed by atoms with van der Waals surface area (Å²) in [6.45, 7) is 4.29. The van der Waals surface area contributed by atoms with Crippen molar-refractivity contribution in [1.82, 2.24) is 0 Å². The Morgan fingerprint density at radius 2 is 2.38 bits per heavy atom. The van der Waals surface area contributed by atoms with Gasteiger partial charge in [0.15, 0.2) is 0 Å². The standard InChI is InChI=1S/C16H20FNO3/c1-2-18(11-14-4-3-9-21-14)15-7-6-13(17)10-12(15)5-8-16(19)20/h5-8,10,14H,2-4,9,11H2,1H3,(H,19,20). The van der Waals surface area contributed by atoms with Crippen LogP contribution in [0.15, 0.2) is 24.3 Å². The molecule has 0 radical (unpaired) electrons. The van der Waals surface area contributed by atoms with Gasteiger partial charge in [-0.3, -0.25) is 0 Å². The van der Waals surface area contributed by atoms with Crippen molar-refractivity contribution >= 4 is 17.7 Å². The average molecular weight is 293 g/mol. The predicted molar refractivity (Wildman–Crippen MR) is 79.9 cm³/mol. The molecule has 1 atom stereocenters. The summed E-state index contributed by atoms with van der Waals surface area (Å²) in [5.41, 5.74) is 1.39. The zero-order valence-electron chi connectivity index (χ0n) is 12.1. The summed E-state index contributed by atoms with van der Waals surface area (Å²) in [5, 5.41) is 8.75. The number of carboxylic acids is 1. The summed E-state index contributed by atoms with van der Waals surface area (Å²) in [7, 11) is 0. The molecule has 1 fully saturated rings. The number of aliphatic carboxylic acids is 1. The molecule has 5 heteroatoms. The van der Waals surface area contributed by atoms with E-state index in [1.54, 1.807) is 6.07 Å². The molecule has 0 amide bonds. The Kier molecular flexibility index (Phi) is 5.33. The molecular formula is C16H20FNO3. The number of hydrogen-bond donors (Lipinski definition) is 1. The highest BCUT2D eigenvalue weighted by molar-refractivity contribution is 5.87. The van der Waals surface area contributed by atoms with Gasteiger partial charge >= 0.3 is 5.97 Å². The maximum absolute atomic E-state index is 13.4. The van der Waals surface area contributed by atoms with Crippen molar-refractivity contribution in [1.29, 1.82) is 0 Å². The Hall–Kier alpha value is -1.88. The molecule has 1 aromatic carbocycles. The van der Waals surface area contributed by atoms with Crippen molar-refractivity contribution in [3.05, 3.63) is 35.7 Å². The SMILES string of the molecule is CCN(CC1CCCO1)c1ccc(F)cc1C=CC(=O)O. The molecule has 0 spiro atoms. The second kappa shape index (κ2) is 7.22. The van der Waals surface area contributed by atoms with Crippen LogP contribution in [0.2, 0.25) is 0 Å². The zero-order valence-corrected chi connectivity index (χ0v) is 12.1. The first-order chi connectivity index (χ1) is 10.1. The van der Waals surface area contributed by atoms with Crippen molar-refractivity contribution in [3.63, 3.8) is 0 Å². The highest BCUT2D eigenvalue weighted by atomic mass is 19.1. The Morgan fingerprint density at radius 1 is 1.57 bits per heavy atom. The summed E-state index contributed by atoms with van der Waals surface area (Å²) in [6, 6.07) is 4.44. The molecule has 1 N–H and O–H groups in total. The van der Waals surface area contributed by atoms with Crippen LogP contribution in [-0.2, 0) is 9.53 Å². The summed E-state index contributed by atoms with van der Waals surface area (Å²) < 4.78 is 19.1. The van der Waals surface area contributed by atoms with Crippen LogP contribution in [0.1, 0.15) is 25.3 Å². The number of benzene rings is 1. The van der Waals surface area contributed by atoms with Gasteiger partial charge in [0.25, 0.3) is 0 Å². The number of anilines is 1. The van der Waals surface area contributed by atoms with Gasteiger partial charge in [-0.15, -0.1) is 0 Å². The number of halogens is 1. The number of carbonyl (C=O) groups is 1. The number of likely N-dealkylation sites (N-methyl/N-ethyl adjacent to an activating group) is 1. The molecule has 1 heterocycles. The van der Waals surface area contributed by atoms with E-state index in [-0.39, 0.29) is 11.9 Å². The molecule has 4 nitrogen and oxygen atoms in total. The van der Waals surface area contributed by atoms with E-state index in [1.807, 2.05) is 6.92 Å². The van der Waals surface area contributed by atoms with Gasteiger partial charge in [0.2, 0.25) is 0 Å². The van der Waals surface area contributed by atoms with E-state index < -0.39 is 5.97 Å². The van der Waals surface area contributed by atoms with Crippen molar-refractivity contribution in [2.45, 2.75) is 25.9 Å². The Labute approximate surface area is 123 Å². The van der Waals surface area contributed by atoms with E-state index in [9.17, 15) is 9.18 Å². The molecule has 114 valence electrons. The van der Waals surface area contributed by atoms with E-state index in [0.29, 0.717) is 5.56 Å². The molecule has 21 heavy (non-hydrogen) atoms. The second-order valence-corrected chi connectivity index (χ2v) is 5.05. The first kappa shape index (κ1) is 15.5. The Balaban J connectivity index is 2.24. The Bertz CT molecular complexity index is 524. The fourth-order valence-electron chi connectivity index (χ4n) is 2.54. The van der Waals surface area contributed by atoms with Gasteiger partial charge in [-0.05, 0) is 44.0 Å². The molecule has 1 aliphatic rings. The smallest absolute Gasteiger partial charge is 0.328 e. The topological polar surface area (TPSA) is 49.8 Å². The van der Waals surface area contributed by atoms with E-state index >= 15 is 0 Å².